The number of hydrogen-bond donors (Lipinski definition) is 1. The number of nitrogens with zero attached hydrogens (tertiary/aromatic N) is 1. The summed E-state index contributed by atoms with van der Waals surface area (Å²) in [5, 5.41) is 2.88. The number of benzene rings is 2. The van der Waals surface area contributed by atoms with Crippen molar-refractivity contribution in [1.29, 1.82) is 0 Å². The van der Waals surface area contributed by atoms with E-state index in [2.05, 4.69) is 56.4 Å². The highest BCUT2D eigenvalue weighted by atomic mass is 79.9. The van der Waals surface area contributed by atoms with Gasteiger partial charge in [-0.3, -0.25) is 24.2 Å². The number of Topliss-reactive ketones (excluding diaryl/α,β-unsaturated/α-hetero) is 3. The lowest BCUT2D eigenvalue weighted by Crippen LogP contribution is -2.58. The Balaban J connectivity index is 0. The van der Waals surface area contributed by atoms with Gasteiger partial charge in [-0.1, -0.05) is 57.0 Å². The van der Waals surface area contributed by atoms with E-state index in [1.54, 1.807) is 43.5 Å². The number of carbonyl (C=O) groups excluding carboxylic acids is 6. The predicted molar refractivity (Wildman–Crippen MR) is 179 cm³/mol. The van der Waals surface area contributed by atoms with Gasteiger partial charge in [-0.15, -0.1) is 0 Å². The number of ether oxygens (including phenoxy) is 4. The Kier molecular flexibility index (Phi) is 20.9. The number of nitrogens with one attached hydrogen (secondary N) is 1. The molecule has 0 aliphatic rings. The molecule has 0 bridgehead atoms. The molecule has 14 heteroatoms. The second-order valence-electron chi connectivity index (χ2n) is 8.81. The van der Waals surface area contributed by atoms with Crippen LogP contribution in [0.1, 0.15) is 33.8 Å². The molecule has 1 N–H and O–H groups in total. The fourth-order valence-electron chi connectivity index (χ4n) is 3.02. The van der Waals surface area contributed by atoms with Crippen LogP contribution in [0.25, 0.3) is 0 Å². The largest absolute Gasteiger partial charge is 0.497 e. The Bertz CT molecular complexity index is 1300. The number of hydrogen-bond acceptors (Lipinski definition) is 12. The van der Waals surface area contributed by atoms with Crippen LogP contribution in [0.4, 0.5) is 11.4 Å². The molecular weight excluding hydrogens is 720 g/mol. The summed E-state index contributed by atoms with van der Waals surface area (Å²) < 4.78 is 16.6. The molecule has 0 heterocycles. The van der Waals surface area contributed by atoms with Crippen molar-refractivity contribution in [2.24, 2.45) is 4.99 Å². The van der Waals surface area contributed by atoms with Gasteiger partial charge in [0.2, 0.25) is 4.32 Å². The van der Waals surface area contributed by atoms with Gasteiger partial charge in [0.1, 0.15) is 11.8 Å². The standard InChI is InChI=1S/C15H18BrNO5.C10H11NO2.C5H7BrO3.CH4/c1-9-5-7-11(8-6-9)17-12(10(2)18)15(16,13(19)21-3)14(20)22-4;1-8(12)7-11-9-3-5-10(13-2)6-4-9;1-3(7)4(6)5(8)9-2;/h5-8,12,17H,1-4H3;3-7H,1-2H3;4H,1-2H3;1H4/t12-;;;/m0.../s1. The topological polar surface area (TPSA) is 164 Å². The van der Waals surface area contributed by atoms with Crippen LogP contribution in [0.2, 0.25) is 0 Å². The van der Waals surface area contributed by atoms with Crippen LogP contribution in [-0.2, 0) is 43.0 Å². The highest BCUT2D eigenvalue weighted by molar-refractivity contribution is 9.10. The van der Waals surface area contributed by atoms with Crippen LogP contribution in [0, 0.1) is 6.92 Å². The second-order valence-corrected chi connectivity index (χ2v) is 11.0. The van der Waals surface area contributed by atoms with Crippen LogP contribution in [0.3, 0.4) is 0 Å². The van der Waals surface area contributed by atoms with Crippen molar-refractivity contribution in [2.45, 2.75) is 50.3 Å². The van der Waals surface area contributed by atoms with Crippen molar-refractivity contribution in [2.75, 3.05) is 33.8 Å². The lowest BCUT2D eigenvalue weighted by atomic mass is 9.95. The van der Waals surface area contributed by atoms with Gasteiger partial charge in [-0.2, -0.15) is 0 Å². The van der Waals surface area contributed by atoms with Gasteiger partial charge in [0.25, 0.3) is 0 Å². The van der Waals surface area contributed by atoms with E-state index < -0.39 is 38.9 Å². The molecule has 0 aliphatic heterocycles. The van der Waals surface area contributed by atoms with Crippen LogP contribution in [0.15, 0.2) is 53.5 Å². The molecule has 12 nitrogen and oxygen atoms in total. The van der Waals surface area contributed by atoms with Gasteiger partial charge in [0, 0.05) is 12.6 Å². The fourth-order valence-corrected chi connectivity index (χ4v) is 3.96. The summed E-state index contributed by atoms with van der Waals surface area (Å²) in [4.78, 5) is 70.7. The maximum atomic E-state index is 12.1. The first-order valence-electron chi connectivity index (χ1n) is 12.7. The number of anilines is 1. The number of halogens is 2. The van der Waals surface area contributed by atoms with Gasteiger partial charge in [-0.05, 0) is 57.2 Å². The van der Waals surface area contributed by atoms with Crippen molar-refractivity contribution >= 4 is 84.7 Å². The zero-order chi connectivity index (χ0) is 34.0. The van der Waals surface area contributed by atoms with E-state index in [0.29, 0.717) is 5.69 Å². The Morgan fingerprint density at radius 3 is 1.62 bits per heavy atom. The molecule has 45 heavy (non-hydrogen) atoms. The summed E-state index contributed by atoms with van der Waals surface area (Å²) in [5.41, 5.74) is 2.37. The van der Waals surface area contributed by atoms with Crippen molar-refractivity contribution < 1.29 is 47.7 Å². The molecule has 0 fully saturated rings. The Labute approximate surface area is 280 Å². The summed E-state index contributed by atoms with van der Waals surface area (Å²) in [5.74, 6) is -2.34. The smallest absolute Gasteiger partial charge is 0.336 e. The molecular formula is C31H40Br2N2O10. The monoisotopic (exact) mass is 758 g/mol. The molecule has 248 valence electrons. The molecule has 0 spiro atoms. The number of methoxy groups -OCH3 is 4. The predicted octanol–water partition coefficient (Wildman–Crippen LogP) is 4.98. The summed E-state index contributed by atoms with van der Waals surface area (Å²) >= 11 is 5.89. The highest BCUT2D eigenvalue weighted by Crippen LogP contribution is 2.30. The number of esters is 3. The zero-order valence-corrected chi connectivity index (χ0v) is 28.8. The molecule has 0 radical (unpaired) electrons. The second kappa shape index (κ2) is 21.7. The summed E-state index contributed by atoms with van der Waals surface area (Å²) in [7, 11) is 5.10. The van der Waals surface area contributed by atoms with E-state index in [-0.39, 0.29) is 19.0 Å². The third-order valence-electron chi connectivity index (χ3n) is 5.36. The quantitative estimate of drug-likeness (QED) is 0.108. The Morgan fingerprint density at radius 2 is 1.29 bits per heavy atom. The van der Waals surface area contributed by atoms with E-state index in [1.165, 1.54) is 34.1 Å². The van der Waals surface area contributed by atoms with Gasteiger partial charge in [0.15, 0.2) is 22.2 Å². The molecule has 2 aromatic carbocycles. The zero-order valence-electron chi connectivity index (χ0n) is 25.6. The minimum absolute atomic E-state index is 0. The summed E-state index contributed by atoms with van der Waals surface area (Å²) in [6, 6.07) is 13.2. The molecule has 2 aromatic rings. The molecule has 0 aromatic heterocycles. The van der Waals surface area contributed by atoms with Gasteiger partial charge in [-0.25, -0.2) is 9.59 Å². The minimum atomic E-state index is -1.97. The Hall–Kier alpha value is -3.91. The number of carbonyl (C=O) groups is 6. The number of aliphatic imine (C=N–C) groups is 1. The third kappa shape index (κ3) is 14.6. The van der Waals surface area contributed by atoms with Crippen LogP contribution in [-0.4, -0.2) is 85.1 Å². The molecule has 0 aliphatic carbocycles. The summed E-state index contributed by atoms with van der Waals surface area (Å²) in [6.45, 7) is 5.97. The maximum Gasteiger partial charge on any atom is 0.336 e. The fraction of sp³-hybridized carbons (Fsp3) is 0.387. The molecule has 2 atom stereocenters. The SMILES string of the molecule is C.COC(=O)C(Br)(C(=O)OC)[C@@H](Nc1ccc(C)cc1)C(C)=O.COC(=O)C(Br)C(C)=O.COc1ccc(N=CC(C)=O)cc1. The minimum Gasteiger partial charge on any atom is -0.497 e. The van der Waals surface area contributed by atoms with Crippen molar-refractivity contribution in [3.8, 4) is 5.75 Å². The van der Waals surface area contributed by atoms with Gasteiger partial charge < -0.3 is 24.3 Å². The third-order valence-corrected chi connectivity index (χ3v) is 7.49. The lowest BCUT2D eigenvalue weighted by Gasteiger charge is -2.30. The van der Waals surface area contributed by atoms with Crippen molar-refractivity contribution in [3.63, 3.8) is 0 Å². The molecule has 0 saturated heterocycles. The normalized spacial score (nSPS) is 11.4. The van der Waals surface area contributed by atoms with E-state index in [1.807, 2.05) is 19.1 Å². The van der Waals surface area contributed by atoms with Crippen LogP contribution < -0.4 is 10.1 Å². The lowest BCUT2D eigenvalue weighted by molar-refractivity contribution is -0.157. The first-order valence-corrected chi connectivity index (χ1v) is 14.4. The number of ketones is 3. The number of aryl methyl sites for hydroxylation is 1. The van der Waals surface area contributed by atoms with Crippen molar-refractivity contribution in [1.82, 2.24) is 0 Å². The van der Waals surface area contributed by atoms with Gasteiger partial charge in [0.05, 0.1) is 40.3 Å². The average molecular weight is 760 g/mol. The van der Waals surface area contributed by atoms with E-state index in [4.69, 9.17) is 4.74 Å². The van der Waals surface area contributed by atoms with E-state index >= 15 is 0 Å². The highest BCUT2D eigenvalue weighted by Gasteiger charge is 2.55. The van der Waals surface area contributed by atoms with Crippen LogP contribution >= 0.6 is 31.9 Å². The first kappa shape index (κ1) is 43.2. The van der Waals surface area contributed by atoms with Crippen molar-refractivity contribution in [3.05, 3.63) is 54.1 Å². The molecule has 0 amide bonds. The number of alkyl halides is 2. The molecule has 0 saturated carbocycles. The number of rotatable bonds is 11. The maximum absolute atomic E-state index is 12.1. The average Bonchev–Trinajstić information content (AvgIpc) is 3.01. The van der Waals surface area contributed by atoms with E-state index in [0.717, 1.165) is 31.2 Å². The first-order chi connectivity index (χ1) is 20.6. The van der Waals surface area contributed by atoms with Gasteiger partial charge >= 0.3 is 17.9 Å². The molecule has 1 unspecified atom stereocenters. The summed E-state index contributed by atoms with van der Waals surface area (Å²) in [6.07, 6.45) is 1.29. The Morgan fingerprint density at radius 1 is 0.800 bits per heavy atom. The van der Waals surface area contributed by atoms with Crippen LogP contribution in [0.5, 0.6) is 5.75 Å². The van der Waals surface area contributed by atoms with E-state index in [9.17, 15) is 28.8 Å². The molecule has 2 rings (SSSR count).